The molecule has 158 valence electrons. The lowest BCUT2D eigenvalue weighted by molar-refractivity contribution is -0.113. The summed E-state index contributed by atoms with van der Waals surface area (Å²) in [6.45, 7) is 8.69. The van der Waals surface area contributed by atoms with Gasteiger partial charge in [0.2, 0.25) is 11.1 Å². The minimum Gasteiger partial charge on any atom is -0.486 e. The third-order valence-corrected chi connectivity index (χ3v) is 5.62. The lowest BCUT2D eigenvalue weighted by Gasteiger charge is -2.12. The summed E-state index contributed by atoms with van der Waals surface area (Å²) in [5.74, 6) is 2.07. The van der Waals surface area contributed by atoms with E-state index >= 15 is 0 Å². The number of para-hydroxylation sites is 1. The topological polar surface area (TPSA) is 79.9 Å². The Labute approximate surface area is 181 Å². The van der Waals surface area contributed by atoms with Crippen LogP contribution in [0.3, 0.4) is 0 Å². The Morgan fingerprint density at radius 2 is 1.97 bits per heavy atom. The molecule has 0 aliphatic rings. The number of hydrogen-bond donors (Lipinski definition) is 2. The van der Waals surface area contributed by atoms with E-state index < -0.39 is 0 Å². The van der Waals surface area contributed by atoms with Gasteiger partial charge in [-0.3, -0.25) is 9.89 Å². The van der Waals surface area contributed by atoms with Crippen LogP contribution in [-0.2, 0) is 17.8 Å². The third kappa shape index (κ3) is 5.86. The maximum absolute atomic E-state index is 12.4. The molecule has 6 nitrogen and oxygen atoms in total. The van der Waals surface area contributed by atoms with Crippen LogP contribution in [0.2, 0.25) is 0 Å². The number of carbonyl (C=O) groups is 1. The van der Waals surface area contributed by atoms with E-state index in [2.05, 4.69) is 53.4 Å². The number of rotatable bonds is 9. The molecule has 3 aromatic rings. The summed E-state index contributed by atoms with van der Waals surface area (Å²) >= 11 is 1.29. The lowest BCUT2D eigenvalue weighted by atomic mass is 10.0. The number of aryl methyl sites for hydroxylation is 2. The molecule has 0 fully saturated rings. The van der Waals surface area contributed by atoms with Gasteiger partial charge in [-0.25, -0.2) is 4.98 Å². The fraction of sp³-hybridized carbons (Fsp3) is 0.348. The SMILES string of the molecule is CCc1cccc(C)c1NC(=O)CSc1n[nH]c(COc2ccc(C(C)C)cc2)n1. The van der Waals surface area contributed by atoms with Crippen molar-refractivity contribution in [1.82, 2.24) is 15.2 Å². The molecule has 0 saturated carbocycles. The van der Waals surface area contributed by atoms with Crippen molar-refractivity contribution >= 4 is 23.4 Å². The molecule has 1 heterocycles. The van der Waals surface area contributed by atoms with Gasteiger partial charge >= 0.3 is 0 Å². The Morgan fingerprint density at radius 1 is 1.20 bits per heavy atom. The number of benzene rings is 2. The molecule has 0 aliphatic heterocycles. The average molecular weight is 425 g/mol. The van der Waals surface area contributed by atoms with Gasteiger partial charge in [0, 0.05) is 5.69 Å². The van der Waals surface area contributed by atoms with Crippen molar-refractivity contribution in [3.05, 3.63) is 65.0 Å². The number of aromatic nitrogens is 3. The Balaban J connectivity index is 1.49. The fourth-order valence-electron chi connectivity index (χ4n) is 3.02. The van der Waals surface area contributed by atoms with E-state index in [0.717, 1.165) is 29.0 Å². The number of ether oxygens (including phenoxy) is 1. The number of anilines is 1. The van der Waals surface area contributed by atoms with Crippen LogP contribution in [0.25, 0.3) is 0 Å². The Morgan fingerprint density at radius 3 is 2.67 bits per heavy atom. The van der Waals surface area contributed by atoms with Gasteiger partial charge in [0.1, 0.15) is 12.4 Å². The molecule has 2 N–H and O–H groups in total. The van der Waals surface area contributed by atoms with E-state index in [0.29, 0.717) is 23.5 Å². The molecule has 0 unspecified atom stereocenters. The smallest absolute Gasteiger partial charge is 0.234 e. The van der Waals surface area contributed by atoms with Gasteiger partial charge in [-0.1, -0.05) is 62.9 Å². The van der Waals surface area contributed by atoms with E-state index in [9.17, 15) is 4.79 Å². The summed E-state index contributed by atoms with van der Waals surface area (Å²) < 4.78 is 5.76. The fourth-order valence-corrected chi connectivity index (χ4v) is 3.63. The molecule has 0 spiro atoms. The first-order valence-electron chi connectivity index (χ1n) is 10.1. The molecule has 2 aromatic carbocycles. The van der Waals surface area contributed by atoms with Crippen molar-refractivity contribution in [2.45, 2.75) is 51.8 Å². The highest BCUT2D eigenvalue weighted by atomic mass is 32.2. The summed E-state index contributed by atoms with van der Waals surface area (Å²) in [5, 5.41) is 10.6. The zero-order valence-corrected chi connectivity index (χ0v) is 18.7. The summed E-state index contributed by atoms with van der Waals surface area (Å²) in [5.41, 5.74) is 4.37. The van der Waals surface area contributed by atoms with Crippen molar-refractivity contribution in [1.29, 1.82) is 0 Å². The van der Waals surface area contributed by atoms with Crippen molar-refractivity contribution in [3.8, 4) is 5.75 Å². The predicted octanol–water partition coefficient (Wildman–Crippen LogP) is 5.11. The van der Waals surface area contributed by atoms with E-state index in [1.165, 1.54) is 17.3 Å². The van der Waals surface area contributed by atoms with Gasteiger partial charge < -0.3 is 10.1 Å². The zero-order valence-electron chi connectivity index (χ0n) is 17.9. The Bertz CT molecular complexity index is 983. The molecule has 0 bridgehead atoms. The molecule has 0 aliphatic carbocycles. The largest absolute Gasteiger partial charge is 0.486 e. The van der Waals surface area contributed by atoms with Gasteiger partial charge in [0.25, 0.3) is 0 Å². The van der Waals surface area contributed by atoms with E-state index in [-0.39, 0.29) is 11.7 Å². The van der Waals surface area contributed by atoms with Crippen LogP contribution in [0.15, 0.2) is 47.6 Å². The van der Waals surface area contributed by atoms with Crippen LogP contribution in [0.1, 0.15) is 49.2 Å². The molecule has 30 heavy (non-hydrogen) atoms. The van der Waals surface area contributed by atoms with Gasteiger partial charge in [0.05, 0.1) is 5.75 Å². The maximum Gasteiger partial charge on any atom is 0.234 e. The molecule has 0 radical (unpaired) electrons. The Hall–Kier alpha value is -2.80. The van der Waals surface area contributed by atoms with Crippen molar-refractivity contribution < 1.29 is 9.53 Å². The molecule has 1 aromatic heterocycles. The summed E-state index contributed by atoms with van der Waals surface area (Å²) in [4.78, 5) is 16.8. The van der Waals surface area contributed by atoms with E-state index in [4.69, 9.17) is 4.74 Å². The van der Waals surface area contributed by atoms with Crippen LogP contribution in [0.4, 0.5) is 5.69 Å². The summed E-state index contributed by atoms with van der Waals surface area (Å²) in [6, 6.07) is 14.1. The number of aromatic amines is 1. The number of amides is 1. The van der Waals surface area contributed by atoms with Gasteiger partial charge in [0.15, 0.2) is 5.82 Å². The molecule has 0 saturated heterocycles. The normalized spacial score (nSPS) is 11.0. The minimum atomic E-state index is -0.0724. The van der Waals surface area contributed by atoms with Gasteiger partial charge in [-0.05, 0) is 48.1 Å². The second-order valence-corrected chi connectivity index (χ2v) is 8.32. The summed E-state index contributed by atoms with van der Waals surface area (Å²) in [6.07, 6.45) is 0.870. The van der Waals surface area contributed by atoms with Crippen LogP contribution in [-0.4, -0.2) is 26.8 Å². The van der Waals surface area contributed by atoms with Crippen LogP contribution in [0, 0.1) is 6.92 Å². The van der Waals surface area contributed by atoms with Crippen LogP contribution < -0.4 is 10.1 Å². The minimum absolute atomic E-state index is 0.0724. The monoisotopic (exact) mass is 424 g/mol. The highest BCUT2D eigenvalue weighted by Crippen LogP contribution is 2.22. The number of nitrogens with one attached hydrogen (secondary N) is 2. The van der Waals surface area contributed by atoms with E-state index in [1.807, 2.05) is 37.3 Å². The van der Waals surface area contributed by atoms with E-state index in [1.54, 1.807) is 0 Å². The molecule has 7 heteroatoms. The summed E-state index contributed by atoms with van der Waals surface area (Å²) in [7, 11) is 0. The quantitative estimate of drug-likeness (QED) is 0.467. The average Bonchev–Trinajstić information content (AvgIpc) is 3.20. The predicted molar refractivity (Wildman–Crippen MR) is 121 cm³/mol. The number of H-pyrrole nitrogens is 1. The number of thioether (sulfide) groups is 1. The third-order valence-electron chi connectivity index (χ3n) is 4.77. The van der Waals surface area contributed by atoms with Crippen LogP contribution >= 0.6 is 11.8 Å². The van der Waals surface area contributed by atoms with Crippen LogP contribution in [0.5, 0.6) is 5.75 Å². The molecular weight excluding hydrogens is 396 g/mol. The lowest BCUT2D eigenvalue weighted by Crippen LogP contribution is -2.16. The highest BCUT2D eigenvalue weighted by molar-refractivity contribution is 7.99. The zero-order chi connectivity index (χ0) is 21.5. The van der Waals surface area contributed by atoms with Crippen molar-refractivity contribution in [2.24, 2.45) is 0 Å². The van der Waals surface area contributed by atoms with Crippen molar-refractivity contribution in [3.63, 3.8) is 0 Å². The first-order valence-corrected chi connectivity index (χ1v) is 11.1. The number of hydrogen-bond acceptors (Lipinski definition) is 5. The van der Waals surface area contributed by atoms with Gasteiger partial charge in [-0.15, -0.1) is 5.10 Å². The highest BCUT2D eigenvalue weighted by Gasteiger charge is 2.11. The molecule has 0 atom stereocenters. The number of carbonyl (C=O) groups excluding carboxylic acids is 1. The first kappa shape index (κ1) is 21.9. The Kier molecular flexibility index (Phi) is 7.52. The standard InChI is InChI=1S/C23H28N4O2S/c1-5-17-8-6-7-16(4)22(17)25-21(28)14-30-23-24-20(26-27-23)13-29-19-11-9-18(10-12-19)15(2)3/h6-12,15H,5,13-14H2,1-4H3,(H,25,28)(H,24,26,27). The molecule has 1 amide bonds. The molecular formula is C23H28N4O2S. The second-order valence-electron chi connectivity index (χ2n) is 7.38. The van der Waals surface area contributed by atoms with Gasteiger partial charge in [-0.2, -0.15) is 0 Å². The second kappa shape index (κ2) is 10.3. The first-order chi connectivity index (χ1) is 14.5. The maximum atomic E-state index is 12.4. The van der Waals surface area contributed by atoms with Crippen molar-refractivity contribution in [2.75, 3.05) is 11.1 Å². The number of nitrogens with zero attached hydrogens (tertiary/aromatic N) is 2. The molecule has 3 rings (SSSR count).